The number of thiocarbonyl (C=S) groups is 1. The predicted molar refractivity (Wildman–Crippen MR) is 106 cm³/mol. The van der Waals surface area contributed by atoms with Crippen LogP contribution in [0.25, 0.3) is 6.08 Å². The third-order valence-electron chi connectivity index (χ3n) is 3.42. The Hall–Kier alpha value is -1.86. The number of carbonyl (C=O) groups is 2. The molecule has 1 aliphatic rings. The predicted octanol–water partition coefficient (Wildman–Crippen LogP) is 5.10. The number of nitrogens with zero attached hydrogens (tertiary/aromatic N) is 1. The smallest absolute Gasteiger partial charge is 0.336 e. The van der Waals surface area contributed by atoms with Gasteiger partial charge in [-0.1, -0.05) is 65.4 Å². The van der Waals surface area contributed by atoms with Crippen molar-refractivity contribution in [2.24, 2.45) is 0 Å². The molecule has 0 unspecified atom stereocenters. The molecule has 3 rings (SSSR count). The fourth-order valence-corrected chi connectivity index (χ4v) is 4.07. The van der Waals surface area contributed by atoms with Crippen LogP contribution in [0, 0.1) is 0 Å². The van der Waals surface area contributed by atoms with E-state index < -0.39 is 5.97 Å². The van der Waals surface area contributed by atoms with Gasteiger partial charge in [0.2, 0.25) is 0 Å². The molecule has 1 aliphatic heterocycles. The van der Waals surface area contributed by atoms with Gasteiger partial charge in [-0.05, 0) is 35.9 Å². The summed E-state index contributed by atoms with van der Waals surface area (Å²) in [6, 6.07) is 11.2. The Morgan fingerprint density at radius 1 is 1.20 bits per heavy atom. The number of benzene rings is 2. The van der Waals surface area contributed by atoms with Gasteiger partial charge in [-0.2, -0.15) is 0 Å². The lowest BCUT2D eigenvalue weighted by Crippen LogP contribution is -2.27. The zero-order valence-electron chi connectivity index (χ0n) is 12.4. The Kier molecular flexibility index (Phi) is 5.15. The van der Waals surface area contributed by atoms with Gasteiger partial charge in [0.15, 0.2) is 4.32 Å². The second-order valence-corrected chi connectivity index (χ2v) is 7.52. The molecule has 0 radical (unpaired) electrons. The number of anilines is 1. The van der Waals surface area contributed by atoms with Crippen LogP contribution >= 0.6 is 47.2 Å². The number of carboxylic acids is 1. The lowest BCUT2D eigenvalue weighted by Gasteiger charge is -2.16. The lowest BCUT2D eigenvalue weighted by molar-refractivity contribution is -0.113. The van der Waals surface area contributed by atoms with Crippen molar-refractivity contribution in [3.05, 3.63) is 68.5 Å². The van der Waals surface area contributed by atoms with E-state index in [1.54, 1.807) is 30.3 Å². The minimum atomic E-state index is -1.07. The third-order valence-corrected chi connectivity index (χ3v) is 5.26. The molecule has 0 bridgehead atoms. The maximum absolute atomic E-state index is 12.7. The van der Waals surface area contributed by atoms with E-state index in [4.69, 9.17) is 35.4 Å². The lowest BCUT2D eigenvalue weighted by atomic mass is 10.1. The average molecular weight is 410 g/mol. The summed E-state index contributed by atoms with van der Waals surface area (Å²) in [6.45, 7) is 0. The van der Waals surface area contributed by atoms with Gasteiger partial charge < -0.3 is 5.11 Å². The van der Waals surface area contributed by atoms with Crippen molar-refractivity contribution < 1.29 is 14.7 Å². The van der Waals surface area contributed by atoms with Crippen LogP contribution in [0.1, 0.15) is 15.9 Å². The first-order valence-electron chi connectivity index (χ1n) is 6.94. The molecule has 1 heterocycles. The summed E-state index contributed by atoms with van der Waals surface area (Å²) < 4.78 is 0.313. The van der Waals surface area contributed by atoms with E-state index in [-0.39, 0.29) is 11.5 Å². The van der Waals surface area contributed by atoms with Gasteiger partial charge in [0.25, 0.3) is 5.91 Å². The van der Waals surface area contributed by atoms with Crippen molar-refractivity contribution in [2.75, 3.05) is 4.90 Å². The van der Waals surface area contributed by atoms with Crippen molar-refractivity contribution in [1.29, 1.82) is 0 Å². The molecule has 1 saturated heterocycles. The van der Waals surface area contributed by atoms with E-state index in [9.17, 15) is 14.7 Å². The number of halogens is 2. The Labute approximate surface area is 163 Å². The van der Waals surface area contributed by atoms with E-state index in [1.165, 1.54) is 23.1 Å². The average Bonchev–Trinajstić information content (AvgIpc) is 2.82. The summed E-state index contributed by atoms with van der Waals surface area (Å²) in [7, 11) is 0. The molecule has 0 spiro atoms. The molecular formula is C17H9Cl2NO3S2. The Morgan fingerprint density at radius 3 is 2.60 bits per heavy atom. The number of carboxylic acid groups (broad SMARTS) is 1. The molecule has 0 aromatic heterocycles. The fourth-order valence-electron chi connectivity index (χ4n) is 2.30. The van der Waals surface area contributed by atoms with Crippen LogP contribution in [0.15, 0.2) is 47.4 Å². The second kappa shape index (κ2) is 7.17. The second-order valence-electron chi connectivity index (χ2n) is 5.01. The number of thioether (sulfide) groups is 1. The summed E-state index contributed by atoms with van der Waals surface area (Å²) in [5, 5.41) is 10.0. The Bertz CT molecular complexity index is 943. The Morgan fingerprint density at radius 2 is 1.92 bits per heavy atom. The van der Waals surface area contributed by atoms with Crippen molar-refractivity contribution in [1.82, 2.24) is 0 Å². The topological polar surface area (TPSA) is 57.6 Å². The largest absolute Gasteiger partial charge is 0.478 e. The Balaban J connectivity index is 2.01. The summed E-state index contributed by atoms with van der Waals surface area (Å²) in [6.07, 6.45) is 1.52. The molecule has 0 saturated carbocycles. The number of hydrogen-bond acceptors (Lipinski definition) is 4. The van der Waals surface area contributed by atoms with Gasteiger partial charge in [-0.25, -0.2) is 4.79 Å². The first kappa shape index (κ1) is 17.9. The zero-order valence-corrected chi connectivity index (χ0v) is 15.5. The number of aromatic carboxylic acids is 1. The monoisotopic (exact) mass is 409 g/mol. The van der Waals surface area contributed by atoms with E-state index >= 15 is 0 Å². The highest BCUT2D eigenvalue weighted by atomic mass is 35.5. The molecule has 4 nitrogen and oxygen atoms in total. The van der Waals surface area contributed by atoms with E-state index in [2.05, 4.69) is 0 Å². The highest BCUT2D eigenvalue weighted by molar-refractivity contribution is 8.27. The van der Waals surface area contributed by atoms with Gasteiger partial charge in [-0.3, -0.25) is 9.69 Å². The van der Waals surface area contributed by atoms with Crippen molar-refractivity contribution in [3.8, 4) is 0 Å². The van der Waals surface area contributed by atoms with Gasteiger partial charge in [0.05, 0.1) is 21.2 Å². The van der Waals surface area contributed by atoms with Crippen LogP contribution < -0.4 is 4.90 Å². The first-order chi connectivity index (χ1) is 11.9. The highest BCUT2D eigenvalue weighted by Crippen LogP contribution is 2.39. The molecule has 1 N–H and O–H groups in total. The van der Waals surface area contributed by atoms with Crippen LogP contribution in [0.4, 0.5) is 5.69 Å². The maximum Gasteiger partial charge on any atom is 0.336 e. The summed E-state index contributed by atoms with van der Waals surface area (Å²) in [4.78, 5) is 25.7. The molecule has 126 valence electrons. The van der Waals surface area contributed by atoms with E-state index in [0.717, 1.165) is 11.8 Å². The first-order valence-corrected chi connectivity index (χ1v) is 8.92. The number of carbonyl (C=O) groups excluding carboxylic acids is 1. The zero-order chi connectivity index (χ0) is 18.1. The molecule has 0 atom stereocenters. The van der Waals surface area contributed by atoms with Crippen LogP contribution in [-0.4, -0.2) is 21.3 Å². The van der Waals surface area contributed by atoms with Crippen molar-refractivity contribution in [3.63, 3.8) is 0 Å². The summed E-state index contributed by atoms with van der Waals surface area (Å²) >= 11 is 18.4. The minimum absolute atomic E-state index is 0.109. The third kappa shape index (κ3) is 3.57. The number of amides is 1. The maximum atomic E-state index is 12.7. The molecule has 25 heavy (non-hydrogen) atoms. The normalized spacial score (nSPS) is 15.9. The number of hydrogen-bond donors (Lipinski definition) is 1. The van der Waals surface area contributed by atoms with Gasteiger partial charge in [0, 0.05) is 5.02 Å². The standard InChI is InChI=1S/C17H9Cl2NO3S2/c18-10-5-6-13(12(19)8-10)20-15(21)14(25-17(20)24)7-9-3-1-2-4-11(9)16(22)23/h1-8H,(H,22,23). The number of rotatable bonds is 3. The molecular weight excluding hydrogens is 401 g/mol. The molecule has 1 fully saturated rings. The van der Waals surface area contributed by atoms with Crippen molar-refractivity contribution >= 4 is 75.1 Å². The van der Waals surface area contributed by atoms with Crippen LogP contribution in [0.2, 0.25) is 10.0 Å². The summed E-state index contributed by atoms with van der Waals surface area (Å²) in [5.41, 5.74) is 0.971. The van der Waals surface area contributed by atoms with Gasteiger partial charge in [-0.15, -0.1) is 0 Å². The van der Waals surface area contributed by atoms with E-state index in [1.807, 2.05) is 0 Å². The quantitative estimate of drug-likeness (QED) is 0.564. The molecule has 2 aromatic carbocycles. The fraction of sp³-hybridized carbons (Fsp3) is 0. The van der Waals surface area contributed by atoms with Gasteiger partial charge >= 0.3 is 5.97 Å². The van der Waals surface area contributed by atoms with Crippen LogP contribution in [0.5, 0.6) is 0 Å². The summed E-state index contributed by atoms with van der Waals surface area (Å²) in [5.74, 6) is -1.43. The molecule has 0 aliphatic carbocycles. The SMILES string of the molecule is O=C(O)c1ccccc1C=C1SC(=S)N(c2ccc(Cl)cc2Cl)C1=O. The van der Waals surface area contributed by atoms with E-state index in [0.29, 0.717) is 30.5 Å². The molecule has 8 heteroatoms. The highest BCUT2D eigenvalue weighted by Gasteiger charge is 2.34. The van der Waals surface area contributed by atoms with Crippen LogP contribution in [-0.2, 0) is 4.79 Å². The molecule has 2 aromatic rings. The minimum Gasteiger partial charge on any atom is -0.478 e. The van der Waals surface area contributed by atoms with Crippen LogP contribution in [0.3, 0.4) is 0 Å². The van der Waals surface area contributed by atoms with Crippen molar-refractivity contribution in [2.45, 2.75) is 0 Å². The molecule has 1 amide bonds. The van der Waals surface area contributed by atoms with Gasteiger partial charge in [0.1, 0.15) is 0 Å².